The fraction of sp³-hybridized carbons (Fsp3) is 0.185. The number of nitrogens with one attached hydrogen (secondary N) is 1. The molecule has 0 aliphatic rings. The molecule has 0 aromatic heterocycles. The van der Waals surface area contributed by atoms with Crippen molar-refractivity contribution in [3.05, 3.63) is 66.7 Å². The first kappa shape index (κ1) is 28.6. The van der Waals surface area contributed by atoms with E-state index in [0.717, 1.165) is 6.07 Å². The van der Waals surface area contributed by atoms with Crippen molar-refractivity contribution in [3.8, 4) is 11.5 Å². The average Bonchev–Trinajstić information content (AvgIpc) is 2.96. The van der Waals surface area contributed by atoms with Crippen LogP contribution in [0.2, 0.25) is 0 Å². The monoisotopic (exact) mass is 581 g/mol. The summed E-state index contributed by atoms with van der Waals surface area (Å²) in [6.07, 6.45) is 0. The van der Waals surface area contributed by atoms with Crippen LogP contribution in [0.1, 0.15) is 13.8 Å². The number of hydrogen-bond donors (Lipinski definition) is 3. The van der Waals surface area contributed by atoms with Gasteiger partial charge in [-0.05, 0) is 60.7 Å². The Kier molecular flexibility index (Phi) is 8.16. The van der Waals surface area contributed by atoms with Crippen molar-refractivity contribution >= 4 is 58.9 Å². The van der Waals surface area contributed by atoms with E-state index in [0.29, 0.717) is 27.8 Å². The Balaban J connectivity index is 1.68. The van der Waals surface area contributed by atoms with Gasteiger partial charge in [0.15, 0.2) is 25.4 Å². The minimum atomic E-state index is -3.50. The number of azo groups is 2. The fourth-order valence-electron chi connectivity index (χ4n) is 3.80. The second-order valence-electron chi connectivity index (χ2n) is 8.59. The Hall–Kier alpha value is -4.36. The van der Waals surface area contributed by atoms with Crippen molar-refractivity contribution in [2.75, 3.05) is 23.9 Å². The van der Waals surface area contributed by atoms with Crippen molar-refractivity contribution in [1.29, 1.82) is 0 Å². The molecule has 0 aliphatic heterocycles. The van der Waals surface area contributed by atoms with E-state index in [1.165, 1.54) is 37.3 Å². The molecule has 4 rings (SSSR count). The molecule has 0 saturated heterocycles. The molecule has 0 saturated carbocycles. The molecule has 0 fully saturated rings. The number of sulfone groups is 2. The Bertz CT molecular complexity index is 1850. The van der Waals surface area contributed by atoms with E-state index in [-0.39, 0.29) is 44.2 Å². The lowest BCUT2D eigenvalue weighted by Gasteiger charge is -2.10. The molecular formula is C27H27N5O6S2. The van der Waals surface area contributed by atoms with E-state index in [9.17, 15) is 27.0 Å². The van der Waals surface area contributed by atoms with Crippen LogP contribution in [0.25, 0.3) is 10.8 Å². The Morgan fingerprint density at radius 2 is 1.25 bits per heavy atom. The average molecular weight is 582 g/mol. The Labute approximate surface area is 231 Å². The lowest BCUT2D eigenvalue weighted by Crippen LogP contribution is -2.02. The van der Waals surface area contributed by atoms with Crippen LogP contribution in [0.5, 0.6) is 11.5 Å². The van der Waals surface area contributed by atoms with Crippen molar-refractivity contribution in [2.45, 2.75) is 23.6 Å². The molecule has 0 atom stereocenters. The number of rotatable bonds is 9. The van der Waals surface area contributed by atoms with E-state index >= 15 is 0 Å². The quantitative estimate of drug-likeness (QED) is 0.184. The third-order valence-electron chi connectivity index (χ3n) is 6.18. The van der Waals surface area contributed by atoms with Crippen LogP contribution < -0.4 is 5.32 Å². The van der Waals surface area contributed by atoms with E-state index < -0.39 is 19.7 Å². The highest BCUT2D eigenvalue weighted by Crippen LogP contribution is 2.43. The van der Waals surface area contributed by atoms with Gasteiger partial charge in [-0.25, -0.2) is 16.8 Å². The molecule has 0 heterocycles. The van der Waals surface area contributed by atoms with Gasteiger partial charge in [-0.3, -0.25) is 0 Å². The number of nitrogens with zero attached hydrogens (tertiary/aromatic N) is 4. The first-order valence-electron chi connectivity index (χ1n) is 12.2. The first-order chi connectivity index (χ1) is 19.0. The summed E-state index contributed by atoms with van der Waals surface area (Å²) in [4.78, 5) is 0.181. The third kappa shape index (κ3) is 5.80. The summed E-state index contributed by atoms with van der Waals surface area (Å²) < 4.78 is 48.2. The summed E-state index contributed by atoms with van der Waals surface area (Å²) in [5.41, 5.74) is 1.68. The maximum Gasteiger partial charge on any atom is 0.178 e. The maximum absolute atomic E-state index is 12.1. The van der Waals surface area contributed by atoms with Gasteiger partial charge in [0.05, 0.1) is 32.7 Å². The fourth-order valence-corrected chi connectivity index (χ4v) is 5.59. The molecule has 40 heavy (non-hydrogen) atoms. The standard InChI is InChI=1S/C27H27N5O6S2/c1-4-39(35,36)18-8-6-17(7-9-18)29-32-26-20-11-15-24(27(34)21(20)12-14-23(26)28-3)31-30-22-13-10-19(16-25(22)33)40(37,38)5-2/h6-16,28,33-34H,4-5H2,1-3H3. The van der Waals surface area contributed by atoms with Crippen molar-refractivity contribution in [3.63, 3.8) is 0 Å². The number of phenolic OH excluding ortho intramolecular Hbond substituents is 2. The van der Waals surface area contributed by atoms with Gasteiger partial charge in [0.25, 0.3) is 0 Å². The second-order valence-corrected chi connectivity index (χ2v) is 13.1. The van der Waals surface area contributed by atoms with Crippen LogP contribution in [0.3, 0.4) is 0 Å². The summed E-state index contributed by atoms with van der Waals surface area (Å²) in [5, 5.41) is 41.8. The molecule has 0 bridgehead atoms. The summed E-state index contributed by atoms with van der Waals surface area (Å²) in [6, 6.07) is 16.5. The minimum Gasteiger partial charge on any atom is -0.506 e. The van der Waals surface area contributed by atoms with Crippen LogP contribution in [0.15, 0.2) is 97.0 Å². The van der Waals surface area contributed by atoms with E-state index in [2.05, 4.69) is 25.8 Å². The largest absolute Gasteiger partial charge is 0.506 e. The molecule has 0 spiro atoms. The summed E-state index contributed by atoms with van der Waals surface area (Å²) in [7, 11) is -5.11. The smallest absolute Gasteiger partial charge is 0.178 e. The van der Waals surface area contributed by atoms with Crippen LogP contribution in [0.4, 0.5) is 28.4 Å². The van der Waals surface area contributed by atoms with E-state index in [1.807, 2.05) is 0 Å². The van der Waals surface area contributed by atoms with Gasteiger partial charge in [0.1, 0.15) is 22.8 Å². The summed E-state index contributed by atoms with van der Waals surface area (Å²) in [6.45, 7) is 3.09. The molecule has 11 nitrogen and oxygen atoms in total. The minimum absolute atomic E-state index is 0.00280. The zero-order chi connectivity index (χ0) is 29.1. The second kappa shape index (κ2) is 11.4. The lowest BCUT2D eigenvalue weighted by molar-refractivity contribution is 0.473. The number of fused-ring (bicyclic) bond motifs is 1. The van der Waals surface area contributed by atoms with Crippen molar-refractivity contribution in [1.82, 2.24) is 0 Å². The molecular weight excluding hydrogens is 554 g/mol. The van der Waals surface area contributed by atoms with Crippen LogP contribution in [0, 0.1) is 0 Å². The zero-order valence-corrected chi connectivity index (χ0v) is 23.5. The Morgan fingerprint density at radius 1 is 0.675 bits per heavy atom. The van der Waals surface area contributed by atoms with E-state index in [1.54, 1.807) is 44.3 Å². The topological polar surface area (TPSA) is 170 Å². The molecule has 0 aliphatic carbocycles. The SMILES string of the molecule is CCS(=O)(=O)c1ccc(N=Nc2c(NC)ccc3c(O)c(N=Nc4ccc(S(=O)(=O)CC)cc4O)ccc23)cc1. The maximum atomic E-state index is 12.1. The molecule has 4 aromatic carbocycles. The van der Waals surface area contributed by atoms with Gasteiger partial charge in [-0.1, -0.05) is 13.8 Å². The molecule has 3 N–H and O–H groups in total. The van der Waals surface area contributed by atoms with E-state index in [4.69, 9.17) is 0 Å². The molecule has 0 unspecified atom stereocenters. The summed E-state index contributed by atoms with van der Waals surface area (Å²) in [5.74, 6) is -0.652. The van der Waals surface area contributed by atoms with Gasteiger partial charge in [-0.15, -0.1) is 15.3 Å². The predicted octanol–water partition coefficient (Wildman–Crippen LogP) is 6.71. The van der Waals surface area contributed by atoms with Crippen LogP contribution in [-0.2, 0) is 19.7 Å². The van der Waals surface area contributed by atoms with Gasteiger partial charge in [0, 0.05) is 23.9 Å². The normalized spacial score (nSPS) is 12.5. The number of phenols is 2. The van der Waals surface area contributed by atoms with Crippen LogP contribution in [-0.4, -0.2) is 45.6 Å². The highest BCUT2D eigenvalue weighted by atomic mass is 32.2. The number of anilines is 1. The third-order valence-corrected chi connectivity index (χ3v) is 9.67. The lowest BCUT2D eigenvalue weighted by atomic mass is 10.1. The molecule has 13 heteroatoms. The van der Waals surface area contributed by atoms with Gasteiger partial charge >= 0.3 is 0 Å². The van der Waals surface area contributed by atoms with Crippen molar-refractivity contribution < 1.29 is 27.0 Å². The highest BCUT2D eigenvalue weighted by molar-refractivity contribution is 7.91. The van der Waals surface area contributed by atoms with Gasteiger partial charge in [-0.2, -0.15) is 5.11 Å². The predicted molar refractivity (Wildman–Crippen MR) is 154 cm³/mol. The first-order valence-corrected chi connectivity index (χ1v) is 15.5. The summed E-state index contributed by atoms with van der Waals surface area (Å²) >= 11 is 0. The van der Waals surface area contributed by atoms with Gasteiger partial charge in [0.2, 0.25) is 0 Å². The number of aromatic hydroxyl groups is 2. The Morgan fingerprint density at radius 3 is 1.88 bits per heavy atom. The molecule has 0 amide bonds. The van der Waals surface area contributed by atoms with Crippen LogP contribution >= 0.6 is 0 Å². The number of benzene rings is 4. The van der Waals surface area contributed by atoms with Gasteiger partial charge < -0.3 is 15.5 Å². The highest BCUT2D eigenvalue weighted by Gasteiger charge is 2.16. The van der Waals surface area contributed by atoms with Crippen molar-refractivity contribution in [2.24, 2.45) is 20.5 Å². The molecule has 0 radical (unpaired) electrons. The molecule has 208 valence electrons. The zero-order valence-electron chi connectivity index (χ0n) is 21.9. The number of hydrogen-bond acceptors (Lipinski definition) is 11. The molecule has 4 aromatic rings.